The minimum atomic E-state index is -0.285. The average Bonchev–Trinajstić information content (AvgIpc) is 2.48. The molecule has 2 heterocycles. The van der Waals surface area contributed by atoms with E-state index < -0.39 is 0 Å². The average molecular weight is 228 g/mol. The molecule has 0 amide bonds. The molecule has 0 fully saturated rings. The third kappa shape index (κ3) is 1.64. The summed E-state index contributed by atoms with van der Waals surface area (Å²) in [7, 11) is 0. The second-order valence-corrected chi connectivity index (χ2v) is 4.16. The van der Waals surface area contributed by atoms with Gasteiger partial charge in [0.1, 0.15) is 5.82 Å². The molecule has 84 valence electrons. The van der Waals surface area contributed by atoms with Crippen molar-refractivity contribution in [2.24, 2.45) is 0 Å². The number of benzene rings is 1. The molecule has 0 atom stereocenters. The number of aromatic nitrogens is 1. The van der Waals surface area contributed by atoms with Crippen LogP contribution in [0.4, 0.5) is 4.39 Å². The van der Waals surface area contributed by atoms with Crippen molar-refractivity contribution in [2.45, 2.75) is 13.0 Å². The van der Waals surface area contributed by atoms with E-state index in [0.29, 0.717) is 24.2 Å². The first-order valence-electron chi connectivity index (χ1n) is 5.57. The maximum Gasteiger partial charge on any atom is 0.257 e. The number of ketones is 1. The van der Waals surface area contributed by atoms with E-state index in [1.807, 2.05) is 22.9 Å². The van der Waals surface area contributed by atoms with Crippen LogP contribution in [0, 0.1) is 5.82 Å². The summed E-state index contributed by atoms with van der Waals surface area (Å²) in [5.74, 6) is -0.314. The van der Waals surface area contributed by atoms with Gasteiger partial charge in [-0.15, -0.1) is 0 Å². The van der Waals surface area contributed by atoms with Crippen molar-refractivity contribution in [2.75, 3.05) is 0 Å². The number of hydrogen-bond acceptors (Lipinski definition) is 1. The molecule has 0 N–H and O–H groups in total. The van der Waals surface area contributed by atoms with Gasteiger partial charge in [0.2, 0.25) is 0 Å². The van der Waals surface area contributed by atoms with E-state index in [1.54, 1.807) is 12.1 Å². The van der Waals surface area contributed by atoms with E-state index in [9.17, 15) is 9.18 Å². The van der Waals surface area contributed by atoms with Gasteiger partial charge in [0.05, 0.1) is 0 Å². The molecule has 0 radical (unpaired) electrons. The third-order valence-electron chi connectivity index (χ3n) is 3.11. The van der Waals surface area contributed by atoms with Crippen LogP contribution in [0.2, 0.25) is 0 Å². The van der Waals surface area contributed by atoms with Crippen LogP contribution in [0.15, 0.2) is 42.6 Å². The quantitative estimate of drug-likeness (QED) is 0.631. The summed E-state index contributed by atoms with van der Waals surface area (Å²) in [6.45, 7) is 0.707. The van der Waals surface area contributed by atoms with Gasteiger partial charge in [-0.05, 0) is 29.8 Å². The zero-order chi connectivity index (χ0) is 11.8. The Balaban J connectivity index is 2.20. The van der Waals surface area contributed by atoms with E-state index in [0.717, 1.165) is 5.56 Å². The summed E-state index contributed by atoms with van der Waals surface area (Å²) in [6.07, 6.45) is 2.57. The van der Waals surface area contributed by atoms with Crippen molar-refractivity contribution in [3.05, 3.63) is 65.2 Å². The van der Waals surface area contributed by atoms with Crippen molar-refractivity contribution in [1.29, 1.82) is 0 Å². The predicted molar refractivity (Wildman–Crippen MR) is 60.2 cm³/mol. The van der Waals surface area contributed by atoms with Crippen LogP contribution in [0.5, 0.6) is 0 Å². The van der Waals surface area contributed by atoms with E-state index in [4.69, 9.17) is 0 Å². The zero-order valence-corrected chi connectivity index (χ0v) is 9.19. The fraction of sp³-hybridized carbons (Fsp3) is 0.143. The number of rotatable bonds is 0. The van der Waals surface area contributed by atoms with Crippen LogP contribution >= 0.6 is 0 Å². The van der Waals surface area contributed by atoms with Gasteiger partial charge in [-0.2, -0.15) is 4.57 Å². The van der Waals surface area contributed by atoms with Crippen LogP contribution in [0.3, 0.4) is 0 Å². The molecule has 1 aromatic heterocycles. The molecule has 0 unspecified atom stereocenters. The molecule has 3 heteroatoms. The van der Waals surface area contributed by atoms with Gasteiger partial charge >= 0.3 is 0 Å². The number of carbonyl (C=O) groups excluding carboxylic acids is 1. The summed E-state index contributed by atoms with van der Waals surface area (Å²) in [5, 5.41) is 0. The molecular weight excluding hydrogens is 217 g/mol. The van der Waals surface area contributed by atoms with E-state index in [-0.39, 0.29) is 11.6 Å². The van der Waals surface area contributed by atoms with Gasteiger partial charge in [-0.1, -0.05) is 0 Å². The van der Waals surface area contributed by atoms with Gasteiger partial charge in [0.25, 0.3) is 11.5 Å². The Kier molecular flexibility index (Phi) is 2.25. The van der Waals surface area contributed by atoms with Gasteiger partial charge < -0.3 is 0 Å². The molecular formula is C14H11FNO+. The molecule has 1 aliphatic rings. The molecule has 0 saturated carbocycles. The molecule has 0 spiro atoms. The molecule has 17 heavy (non-hydrogen) atoms. The lowest BCUT2D eigenvalue weighted by atomic mass is 10.0. The maximum atomic E-state index is 13.2. The van der Waals surface area contributed by atoms with E-state index >= 15 is 0 Å². The molecule has 1 aliphatic heterocycles. The molecule has 0 aliphatic carbocycles. The summed E-state index contributed by atoms with van der Waals surface area (Å²) in [5.41, 5.74) is 2.07. The van der Waals surface area contributed by atoms with Gasteiger partial charge in [-0.25, -0.2) is 4.39 Å². The zero-order valence-electron chi connectivity index (χ0n) is 9.19. The largest absolute Gasteiger partial charge is 0.282 e. The highest BCUT2D eigenvalue weighted by Gasteiger charge is 2.26. The Morgan fingerprint density at radius 3 is 2.94 bits per heavy atom. The second kappa shape index (κ2) is 3.77. The predicted octanol–water partition coefficient (Wildman–Crippen LogP) is 1.90. The van der Waals surface area contributed by atoms with Crippen LogP contribution in [0.1, 0.15) is 21.6 Å². The van der Waals surface area contributed by atoms with Crippen molar-refractivity contribution in [3.8, 4) is 0 Å². The highest BCUT2D eigenvalue weighted by Crippen LogP contribution is 2.18. The Bertz CT molecular complexity index is 607. The topological polar surface area (TPSA) is 20.9 Å². The standard InChI is InChI=1S/C14H11FNO/c15-11-4-5-12-10(9-11)6-8-16-7-2-1-3-13(16)14(12)17/h1-5,7,9H,6,8H2/q+1. The molecule has 0 bridgehead atoms. The monoisotopic (exact) mass is 228 g/mol. The van der Waals surface area contributed by atoms with Gasteiger partial charge in [0.15, 0.2) is 12.7 Å². The van der Waals surface area contributed by atoms with Gasteiger partial charge in [-0.3, -0.25) is 4.79 Å². The Morgan fingerprint density at radius 1 is 1.18 bits per heavy atom. The Morgan fingerprint density at radius 2 is 2.06 bits per heavy atom. The number of fused-ring (bicyclic) bond motifs is 2. The number of aryl methyl sites for hydroxylation is 2. The van der Waals surface area contributed by atoms with Crippen molar-refractivity contribution in [3.63, 3.8) is 0 Å². The first-order chi connectivity index (χ1) is 8.25. The van der Waals surface area contributed by atoms with Crippen molar-refractivity contribution < 1.29 is 13.8 Å². The fourth-order valence-electron chi connectivity index (χ4n) is 2.25. The number of hydrogen-bond donors (Lipinski definition) is 0. The van der Waals surface area contributed by atoms with Crippen LogP contribution in [-0.2, 0) is 13.0 Å². The number of carbonyl (C=O) groups is 1. The lowest BCUT2D eigenvalue weighted by Crippen LogP contribution is -2.39. The van der Waals surface area contributed by atoms with Crippen LogP contribution < -0.4 is 4.57 Å². The maximum absolute atomic E-state index is 13.2. The molecule has 1 aromatic carbocycles. The van der Waals surface area contributed by atoms with Gasteiger partial charge in [0, 0.05) is 24.1 Å². The van der Waals surface area contributed by atoms with Crippen LogP contribution in [0.25, 0.3) is 0 Å². The smallest absolute Gasteiger partial charge is 0.257 e. The number of nitrogens with zero attached hydrogens (tertiary/aromatic N) is 1. The number of halogens is 1. The fourth-order valence-corrected chi connectivity index (χ4v) is 2.25. The normalized spacial score (nSPS) is 13.8. The Labute approximate surface area is 98.3 Å². The second-order valence-electron chi connectivity index (χ2n) is 4.16. The van der Waals surface area contributed by atoms with Crippen LogP contribution in [-0.4, -0.2) is 5.78 Å². The highest BCUT2D eigenvalue weighted by molar-refractivity contribution is 6.07. The highest BCUT2D eigenvalue weighted by atomic mass is 19.1. The van der Waals surface area contributed by atoms with Crippen molar-refractivity contribution >= 4 is 5.78 Å². The molecule has 0 saturated heterocycles. The lowest BCUT2D eigenvalue weighted by molar-refractivity contribution is -0.697. The Hall–Kier alpha value is -2.03. The molecule has 2 aromatic rings. The first kappa shape index (κ1) is 10.1. The summed E-state index contributed by atoms with van der Waals surface area (Å²) >= 11 is 0. The summed E-state index contributed by atoms with van der Waals surface area (Å²) < 4.78 is 15.1. The minimum Gasteiger partial charge on any atom is -0.282 e. The molecule has 3 rings (SSSR count). The summed E-state index contributed by atoms with van der Waals surface area (Å²) in [4.78, 5) is 12.3. The third-order valence-corrected chi connectivity index (χ3v) is 3.11. The molecule has 2 nitrogen and oxygen atoms in total. The summed E-state index contributed by atoms with van der Waals surface area (Å²) in [6, 6.07) is 9.93. The van der Waals surface area contributed by atoms with Crippen molar-refractivity contribution in [1.82, 2.24) is 0 Å². The first-order valence-corrected chi connectivity index (χ1v) is 5.57. The minimum absolute atomic E-state index is 0.0295. The lowest BCUT2D eigenvalue weighted by Gasteiger charge is -2.01. The SMILES string of the molecule is O=C1c2ccc(F)cc2CC[n+]2ccccc21. The number of pyridine rings is 1. The van der Waals surface area contributed by atoms with E-state index in [2.05, 4.69) is 0 Å². The van der Waals surface area contributed by atoms with E-state index in [1.165, 1.54) is 12.1 Å².